The Morgan fingerprint density at radius 2 is 2.25 bits per heavy atom. The van der Waals surface area contributed by atoms with Crippen molar-refractivity contribution in [1.29, 1.82) is 0 Å². The van der Waals surface area contributed by atoms with Crippen molar-refractivity contribution in [2.24, 2.45) is 0 Å². The largest absolute Gasteiger partial charge is 0.376 e. The highest BCUT2D eigenvalue weighted by molar-refractivity contribution is 9.11. The van der Waals surface area contributed by atoms with Gasteiger partial charge in [-0.1, -0.05) is 22.9 Å². The number of ether oxygens (including phenoxy) is 1. The topological polar surface area (TPSA) is 29.5 Å². The number of carbonyl (C=O) groups excluding carboxylic acids is 1. The molecule has 1 aliphatic heterocycles. The van der Waals surface area contributed by atoms with E-state index in [1.165, 1.54) is 0 Å². The summed E-state index contributed by atoms with van der Waals surface area (Å²) < 4.78 is 7.57. The van der Waals surface area contributed by atoms with E-state index in [1.807, 2.05) is 23.1 Å². The molecule has 0 radical (unpaired) electrons. The molecule has 1 aromatic rings. The first-order valence-corrected chi connectivity index (χ1v) is 8.56. The fourth-order valence-electron chi connectivity index (χ4n) is 2.38. The first-order valence-electron chi connectivity index (χ1n) is 6.97. The summed E-state index contributed by atoms with van der Waals surface area (Å²) in [6.45, 7) is 4.38. The molecule has 0 N–H and O–H groups in total. The number of likely N-dealkylation sites (tertiary alicyclic amines) is 1. The molecule has 1 unspecified atom stereocenters. The molecule has 20 heavy (non-hydrogen) atoms. The minimum absolute atomic E-state index is 0.0779. The van der Waals surface area contributed by atoms with Crippen LogP contribution in [0.4, 0.5) is 0 Å². The highest BCUT2D eigenvalue weighted by Crippen LogP contribution is 2.24. The average Bonchev–Trinajstić information content (AvgIpc) is 2.45. The number of benzene rings is 1. The van der Waals surface area contributed by atoms with Gasteiger partial charge in [0.05, 0.1) is 11.7 Å². The van der Waals surface area contributed by atoms with Gasteiger partial charge in [0.15, 0.2) is 0 Å². The van der Waals surface area contributed by atoms with Crippen LogP contribution >= 0.6 is 31.9 Å². The monoisotopic (exact) mass is 403 g/mol. The van der Waals surface area contributed by atoms with Crippen molar-refractivity contribution in [1.82, 2.24) is 4.90 Å². The van der Waals surface area contributed by atoms with E-state index in [0.717, 1.165) is 41.4 Å². The maximum absolute atomic E-state index is 12.6. The van der Waals surface area contributed by atoms with E-state index in [0.29, 0.717) is 12.1 Å². The molecule has 1 saturated heterocycles. The van der Waals surface area contributed by atoms with Crippen LogP contribution in [0.5, 0.6) is 0 Å². The van der Waals surface area contributed by atoms with Crippen molar-refractivity contribution in [2.75, 3.05) is 19.7 Å². The van der Waals surface area contributed by atoms with Crippen LogP contribution < -0.4 is 0 Å². The molecule has 1 atom stereocenters. The molecule has 1 fully saturated rings. The molecule has 0 aromatic heterocycles. The number of hydrogen-bond donors (Lipinski definition) is 0. The highest BCUT2D eigenvalue weighted by Gasteiger charge is 2.25. The average molecular weight is 405 g/mol. The highest BCUT2D eigenvalue weighted by atomic mass is 79.9. The molecule has 1 aliphatic rings. The summed E-state index contributed by atoms with van der Waals surface area (Å²) in [5, 5.41) is 0. The molecule has 3 nitrogen and oxygen atoms in total. The van der Waals surface area contributed by atoms with Crippen molar-refractivity contribution in [3.63, 3.8) is 0 Å². The zero-order chi connectivity index (χ0) is 14.5. The molecule has 5 heteroatoms. The van der Waals surface area contributed by atoms with Gasteiger partial charge in [0.25, 0.3) is 5.91 Å². The van der Waals surface area contributed by atoms with Gasteiger partial charge in [0.1, 0.15) is 0 Å². The van der Waals surface area contributed by atoms with Gasteiger partial charge in [-0.05, 0) is 53.4 Å². The first kappa shape index (κ1) is 16.0. The van der Waals surface area contributed by atoms with Crippen LogP contribution in [0.2, 0.25) is 0 Å². The second-order valence-electron chi connectivity index (χ2n) is 5.01. The summed E-state index contributed by atoms with van der Waals surface area (Å²) in [6.07, 6.45) is 3.25. The third-order valence-electron chi connectivity index (χ3n) is 3.38. The molecule has 1 aromatic carbocycles. The quantitative estimate of drug-likeness (QED) is 0.750. The summed E-state index contributed by atoms with van der Waals surface area (Å²) in [6, 6.07) is 5.66. The number of amides is 1. The Labute approximate surface area is 136 Å². The van der Waals surface area contributed by atoms with Gasteiger partial charge >= 0.3 is 0 Å². The Balaban J connectivity index is 2.04. The van der Waals surface area contributed by atoms with Crippen LogP contribution in [0.15, 0.2) is 27.1 Å². The van der Waals surface area contributed by atoms with E-state index < -0.39 is 0 Å². The normalized spacial score (nSPS) is 19.1. The Hall–Kier alpha value is -0.390. The van der Waals surface area contributed by atoms with Crippen molar-refractivity contribution >= 4 is 37.8 Å². The zero-order valence-corrected chi connectivity index (χ0v) is 14.7. The third-order valence-corrected chi connectivity index (χ3v) is 4.53. The van der Waals surface area contributed by atoms with Gasteiger partial charge in [-0.2, -0.15) is 0 Å². The number of nitrogens with zero attached hydrogens (tertiary/aromatic N) is 1. The van der Waals surface area contributed by atoms with E-state index >= 15 is 0 Å². The molecule has 0 aliphatic carbocycles. The van der Waals surface area contributed by atoms with Crippen LogP contribution in [0.1, 0.15) is 36.5 Å². The predicted octanol–water partition coefficient (Wildman–Crippen LogP) is 4.24. The molecule has 110 valence electrons. The van der Waals surface area contributed by atoms with Crippen molar-refractivity contribution in [3.05, 3.63) is 32.7 Å². The zero-order valence-electron chi connectivity index (χ0n) is 11.6. The predicted molar refractivity (Wildman–Crippen MR) is 87.0 cm³/mol. The number of piperidine rings is 1. The summed E-state index contributed by atoms with van der Waals surface area (Å²) in [5.74, 6) is 0.0779. The lowest BCUT2D eigenvalue weighted by Gasteiger charge is -2.33. The molecule has 1 amide bonds. The minimum atomic E-state index is 0.0779. The van der Waals surface area contributed by atoms with E-state index in [4.69, 9.17) is 4.74 Å². The number of rotatable bonds is 4. The van der Waals surface area contributed by atoms with E-state index in [2.05, 4.69) is 38.8 Å². The van der Waals surface area contributed by atoms with Gasteiger partial charge in [0.2, 0.25) is 0 Å². The van der Waals surface area contributed by atoms with Crippen LogP contribution in [-0.2, 0) is 4.74 Å². The molecule has 2 rings (SSSR count). The summed E-state index contributed by atoms with van der Waals surface area (Å²) >= 11 is 6.87. The minimum Gasteiger partial charge on any atom is -0.376 e. The van der Waals surface area contributed by atoms with E-state index in [9.17, 15) is 4.79 Å². The standard InChI is InChI=1S/C15H19Br2NO2/c1-2-8-20-12-4-3-7-18(10-12)15(19)13-6-5-11(16)9-14(13)17/h5-6,9,12H,2-4,7-8,10H2,1H3. The lowest BCUT2D eigenvalue weighted by Crippen LogP contribution is -2.43. The third kappa shape index (κ3) is 4.06. The van der Waals surface area contributed by atoms with Gasteiger partial charge in [-0.25, -0.2) is 0 Å². The lowest BCUT2D eigenvalue weighted by molar-refractivity contribution is 0.00208. The molecular weight excluding hydrogens is 386 g/mol. The van der Waals surface area contributed by atoms with Crippen LogP contribution in [0.3, 0.4) is 0 Å². The fraction of sp³-hybridized carbons (Fsp3) is 0.533. The number of carbonyl (C=O) groups is 1. The van der Waals surface area contributed by atoms with Crippen LogP contribution in [0.25, 0.3) is 0 Å². The van der Waals surface area contributed by atoms with Gasteiger partial charge in [-0.15, -0.1) is 0 Å². The smallest absolute Gasteiger partial charge is 0.255 e. The number of hydrogen-bond acceptors (Lipinski definition) is 2. The summed E-state index contributed by atoms with van der Waals surface area (Å²) in [5.41, 5.74) is 0.712. The Kier molecular flexibility index (Phi) is 6.05. The second-order valence-corrected chi connectivity index (χ2v) is 6.78. The summed E-state index contributed by atoms with van der Waals surface area (Å²) in [7, 11) is 0. The van der Waals surface area contributed by atoms with Crippen LogP contribution in [0, 0.1) is 0 Å². The van der Waals surface area contributed by atoms with Gasteiger partial charge in [0, 0.05) is 28.6 Å². The Morgan fingerprint density at radius 1 is 1.45 bits per heavy atom. The maximum atomic E-state index is 12.6. The van der Waals surface area contributed by atoms with Gasteiger partial charge in [-0.3, -0.25) is 4.79 Å². The second kappa shape index (κ2) is 7.57. The Bertz CT molecular complexity index is 479. The molecule has 1 heterocycles. The fourth-order valence-corrected chi connectivity index (χ4v) is 3.59. The SMILES string of the molecule is CCCOC1CCCN(C(=O)c2ccc(Br)cc2Br)C1. The molecular formula is C15H19Br2NO2. The van der Waals surface area contributed by atoms with E-state index in [1.54, 1.807) is 0 Å². The van der Waals surface area contributed by atoms with Gasteiger partial charge < -0.3 is 9.64 Å². The summed E-state index contributed by atoms with van der Waals surface area (Å²) in [4.78, 5) is 14.5. The van der Waals surface area contributed by atoms with Crippen LogP contribution in [-0.4, -0.2) is 36.6 Å². The van der Waals surface area contributed by atoms with Crippen molar-refractivity contribution in [3.8, 4) is 0 Å². The molecule has 0 bridgehead atoms. The maximum Gasteiger partial charge on any atom is 0.255 e. The molecule has 0 spiro atoms. The molecule has 0 saturated carbocycles. The van der Waals surface area contributed by atoms with E-state index in [-0.39, 0.29) is 12.0 Å². The van der Waals surface area contributed by atoms with Crippen molar-refractivity contribution < 1.29 is 9.53 Å². The Morgan fingerprint density at radius 3 is 2.95 bits per heavy atom. The van der Waals surface area contributed by atoms with Crippen molar-refractivity contribution in [2.45, 2.75) is 32.3 Å². The first-order chi connectivity index (χ1) is 9.61. The number of halogens is 2. The lowest BCUT2D eigenvalue weighted by atomic mass is 10.1.